The van der Waals surface area contributed by atoms with Gasteiger partial charge in [0.05, 0.1) is 19.3 Å². The standard InChI is InChI=1S/C31H24F2N6O4S/c32-23-10-9-20-22(27(23)33)17-44-25-4-2-1-3-21(25)28(20)39-26-16-42-14-13-37(26)31(41)29-30(24(40)11-12-38(29)39)43-15-18-5-7-19(8-6-18)35-36-34/h1-12,26,28H,13-17H2/t26-,28+/m1/s1. The zero-order chi connectivity index (χ0) is 30.4. The highest BCUT2D eigenvalue weighted by Gasteiger charge is 2.46. The highest BCUT2D eigenvalue weighted by Crippen LogP contribution is 2.45. The number of halogens is 2. The molecule has 10 nitrogen and oxygen atoms in total. The number of thioether (sulfide) groups is 1. The summed E-state index contributed by atoms with van der Waals surface area (Å²) >= 11 is 1.41. The number of amides is 1. The third kappa shape index (κ3) is 4.66. The molecule has 0 radical (unpaired) electrons. The molecule has 0 spiro atoms. The van der Waals surface area contributed by atoms with Crippen molar-refractivity contribution in [3.05, 3.63) is 133 Å². The number of carbonyl (C=O) groups excluding carboxylic acids is 1. The summed E-state index contributed by atoms with van der Waals surface area (Å²) in [6, 6.07) is 17.7. The number of fused-ring (bicyclic) bond motifs is 4. The Morgan fingerprint density at radius 2 is 1.86 bits per heavy atom. The van der Waals surface area contributed by atoms with Gasteiger partial charge in [0.2, 0.25) is 5.43 Å². The fourth-order valence-corrected chi connectivity index (χ4v) is 7.09. The van der Waals surface area contributed by atoms with Crippen LogP contribution in [0, 0.1) is 11.6 Å². The predicted molar refractivity (Wildman–Crippen MR) is 158 cm³/mol. The van der Waals surface area contributed by atoms with E-state index < -0.39 is 35.2 Å². The molecule has 3 aliphatic rings. The van der Waals surface area contributed by atoms with Gasteiger partial charge in [0, 0.05) is 45.6 Å². The van der Waals surface area contributed by atoms with Gasteiger partial charge in [-0.2, -0.15) is 0 Å². The summed E-state index contributed by atoms with van der Waals surface area (Å²) < 4.78 is 43.4. The number of nitrogens with zero attached hydrogens (tertiary/aromatic N) is 6. The van der Waals surface area contributed by atoms with E-state index in [1.54, 1.807) is 39.9 Å². The molecule has 1 amide bonds. The Morgan fingerprint density at radius 1 is 1.05 bits per heavy atom. The molecule has 1 fully saturated rings. The summed E-state index contributed by atoms with van der Waals surface area (Å²) in [6.07, 6.45) is 0.901. The normalized spacial score (nSPS) is 18.7. The molecule has 4 aromatic rings. The van der Waals surface area contributed by atoms with Crippen LogP contribution in [0.15, 0.2) is 87.7 Å². The van der Waals surface area contributed by atoms with Gasteiger partial charge in [0.1, 0.15) is 12.8 Å². The maximum Gasteiger partial charge on any atom is 0.278 e. The highest BCUT2D eigenvalue weighted by atomic mass is 32.2. The number of morpholine rings is 1. The number of hydrogen-bond donors (Lipinski definition) is 0. The molecule has 2 atom stereocenters. The lowest BCUT2D eigenvalue weighted by molar-refractivity contribution is -0.0199. The van der Waals surface area contributed by atoms with Gasteiger partial charge in [-0.1, -0.05) is 53.6 Å². The van der Waals surface area contributed by atoms with Gasteiger partial charge in [-0.25, -0.2) is 8.78 Å². The summed E-state index contributed by atoms with van der Waals surface area (Å²) in [6.45, 7) is 0.695. The van der Waals surface area contributed by atoms with E-state index in [4.69, 9.17) is 15.0 Å². The number of benzene rings is 3. The first kappa shape index (κ1) is 28.0. The molecule has 3 aliphatic heterocycles. The van der Waals surface area contributed by atoms with Crippen LogP contribution in [-0.2, 0) is 17.1 Å². The number of aromatic nitrogens is 1. The monoisotopic (exact) mass is 614 g/mol. The summed E-state index contributed by atoms with van der Waals surface area (Å²) in [7, 11) is 0. The fraction of sp³-hybridized carbons (Fsp3) is 0.226. The Kier molecular flexibility index (Phi) is 7.21. The molecule has 4 heterocycles. The van der Waals surface area contributed by atoms with Crippen molar-refractivity contribution < 1.29 is 23.0 Å². The molecule has 0 aliphatic carbocycles. The third-order valence-electron chi connectivity index (χ3n) is 8.01. The quantitative estimate of drug-likeness (QED) is 0.160. The molecule has 44 heavy (non-hydrogen) atoms. The second-order valence-corrected chi connectivity index (χ2v) is 11.5. The second kappa shape index (κ2) is 11.3. The SMILES string of the molecule is [N-]=[N+]=Nc1ccc(COc2c3n(ccc2=O)N([C@@H]2c4ccccc4SCc4c2ccc(F)c4F)[C@@H]2COCCN2C3=O)cc1. The summed E-state index contributed by atoms with van der Waals surface area (Å²) in [5.74, 6) is -2.16. The fourth-order valence-electron chi connectivity index (χ4n) is 5.98. The van der Waals surface area contributed by atoms with Gasteiger partial charge in [-0.15, -0.1) is 11.8 Å². The lowest BCUT2D eigenvalue weighted by atomic mass is 9.93. The van der Waals surface area contributed by atoms with Crippen molar-refractivity contribution >= 4 is 23.4 Å². The van der Waals surface area contributed by atoms with Gasteiger partial charge in [0.15, 0.2) is 23.1 Å². The second-order valence-electron chi connectivity index (χ2n) is 10.4. The number of hydrogen-bond acceptors (Lipinski definition) is 7. The van der Waals surface area contributed by atoms with E-state index >= 15 is 4.39 Å². The van der Waals surface area contributed by atoms with Crippen LogP contribution in [0.2, 0.25) is 0 Å². The van der Waals surface area contributed by atoms with Gasteiger partial charge in [0.25, 0.3) is 5.91 Å². The van der Waals surface area contributed by atoms with Crippen LogP contribution in [0.5, 0.6) is 5.75 Å². The molecule has 7 rings (SSSR count). The minimum atomic E-state index is -0.933. The van der Waals surface area contributed by atoms with Crippen molar-refractivity contribution in [3.8, 4) is 5.75 Å². The molecule has 0 N–H and O–H groups in total. The van der Waals surface area contributed by atoms with Crippen LogP contribution >= 0.6 is 11.8 Å². The van der Waals surface area contributed by atoms with Crippen LogP contribution in [0.4, 0.5) is 14.5 Å². The molecular formula is C31H24F2N6O4S. The zero-order valence-corrected chi connectivity index (χ0v) is 23.9. The Hall–Kier alpha value is -4.84. The van der Waals surface area contributed by atoms with E-state index in [9.17, 15) is 14.0 Å². The minimum Gasteiger partial charge on any atom is -0.482 e. The lowest BCUT2D eigenvalue weighted by Gasteiger charge is -2.51. The van der Waals surface area contributed by atoms with Crippen molar-refractivity contribution in [2.45, 2.75) is 29.5 Å². The van der Waals surface area contributed by atoms with E-state index in [2.05, 4.69) is 10.0 Å². The molecule has 222 valence electrons. The van der Waals surface area contributed by atoms with E-state index in [-0.39, 0.29) is 42.5 Å². The summed E-state index contributed by atoms with van der Waals surface area (Å²) in [4.78, 5) is 32.7. The van der Waals surface area contributed by atoms with Gasteiger partial charge in [-0.05, 0) is 34.4 Å². The Morgan fingerprint density at radius 3 is 2.68 bits per heavy atom. The lowest BCUT2D eigenvalue weighted by Crippen LogP contribution is -2.66. The average Bonchev–Trinajstić information content (AvgIpc) is 3.21. The summed E-state index contributed by atoms with van der Waals surface area (Å²) in [5.41, 5.74) is 11.0. The smallest absolute Gasteiger partial charge is 0.278 e. The average molecular weight is 615 g/mol. The summed E-state index contributed by atoms with van der Waals surface area (Å²) in [5, 5.41) is 5.46. The van der Waals surface area contributed by atoms with Gasteiger partial charge < -0.3 is 14.4 Å². The van der Waals surface area contributed by atoms with Crippen molar-refractivity contribution in [2.24, 2.45) is 5.11 Å². The van der Waals surface area contributed by atoms with Crippen LogP contribution in [0.3, 0.4) is 0 Å². The minimum absolute atomic E-state index is 0.0277. The van der Waals surface area contributed by atoms with Crippen molar-refractivity contribution in [1.29, 1.82) is 0 Å². The first-order chi connectivity index (χ1) is 21.5. The molecule has 0 saturated carbocycles. The van der Waals surface area contributed by atoms with Crippen LogP contribution < -0.4 is 15.2 Å². The highest BCUT2D eigenvalue weighted by molar-refractivity contribution is 7.98. The zero-order valence-electron chi connectivity index (χ0n) is 23.1. The van der Waals surface area contributed by atoms with E-state index in [1.807, 2.05) is 29.3 Å². The third-order valence-corrected chi connectivity index (χ3v) is 9.13. The molecule has 1 saturated heterocycles. The Labute approximate surface area is 254 Å². The predicted octanol–water partition coefficient (Wildman–Crippen LogP) is 5.79. The number of ether oxygens (including phenoxy) is 2. The van der Waals surface area contributed by atoms with Crippen LogP contribution in [0.25, 0.3) is 10.4 Å². The molecule has 3 aromatic carbocycles. The maximum absolute atomic E-state index is 15.4. The first-order valence-electron chi connectivity index (χ1n) is 13.8. The van der Waals surface area contributed by atoms with Crippen molar-refractivity contribution in [2.75, 3.05) is 24.8 Å². The van der Waals surface area contributed by atoms with E-state index in [0.717, 1.165) is 16.5 Å². The van der Waals surface area contributed by atoms with E-state index in [1.165, 1.54) is 24.0 Å². The van der Waals surface area contributed by atoms with Gasteiger partial charge in [-0.3, -0.25) is 19.3 Å². The van der Waals surface area contributed by atoms with Crippen LogP contribution in [0.1, 0.15) is 38.8 Å². The van der Waals surface area contributed by atoms with E-state index in [0.29, 0.717) is 23.4 Å². The molecular weight excluding hydrogens is 590 g/mol. The van der Waals surface area contributed by atoms with Crippen molar-refractivity contribution in [3.63, 3.8) is 0 Å². The Balaban J connectivity index is 1.40. The molecule has 0 bridgehead atoms. The van der Waals surface area contributed by atoms with Crippen molar-refractivity contribution in [1.82, 2.24) is 9.58 Å². The molecule has 13 heteroatoms. The van der Waals surface area contributed by atoms with Crippen LogP contribution in [-0.4, -0.2) is 41.4 Å². The molecule has 1 aromatic heterocycles. The molecule has 0 unspecified atom stereocenters. The Bertz CT molecular complexity index is 1900. The van der Waals surface area contributed by atoms with Gasteiger partial charge >= 0.3 is 0 Å². The first-order valence-corrected chi connectivity index (χ1v) is 14.8. The number of pyridine rings is 1. The maximum atomic E-state index is 15.4. The number of carbonyl (C=O) groups is 1. The largest absolute Gasteiger partial charge is 0.482 e. The number of azide groups is 1. The topological polar surface area (TPSA) is 113 Å². The number of rotatable bonds is 5.